The summed E-state index contributed by atoms with van der Waals surface area (Å²) in [6.07, 6.45) is 1.71. The van der Waals surface area contributed by atoms with Crippen molar-refractivity contribution in [3.05, 3.63) is 103 Å². The normalized spacial score (nSPS) is 10.2. The number of hydrogen-bond donors (Lipinski definition) is 0. The molecular weight excluding hydrogens is 324 g/mol. The Morgan fingerprint density at radius 1 is 0.615 bits per heavy atom. The third kappa shape index (κ3) is 5.42. The van der Waals surface area contributed by atoms with Crippen molar-refractivity contribution in [2.75, 3.05) is 6.61 Å². The molecule has 0 heterocycles. The van der Waals surface area contributed by atoms with Crippen LogP contribution in [0.2, 0.25) is 0 Å². The van der Waals surface area contributed by atoms with E-state index in [1.807, 2.05) is 78.9 Å². The van der Waals surface area contributed by atoms with Crippen LogP contribution in [-0.2, 0) is 13.2 Å². The lowest BCUT2D eigenvalue weighted by Crippen LogP contribution is -2.00. The predicted molar refractivity (Wildman–Crippen MR) is 104 cm³/mol. The van der Waals surface area contributed by atoms with Crippen molar-refractivity contribution >= 4 is 0 Å². The Balaban J connectivity index is 1.71. The molecule has 132 valence electrons. The summed E-state index contributed by atoms with van der Waals surface area (Å²) >= 11 is 0. The SMILES string of the molecule is C=CCOc1cc(OCc2ccccc2)cc(OCc2ccccc2)c1. The van der Waals surface area contributed by atoms with Crippen LogP contribution < -0.4 is 14.2 Å². The average Bonchev–Trinajstić information content (AvgIpc) is 2.71. The van der Waals surface area contributed by atoms with Gasteiger partial charge in [0.15, 0.2) is 0 Å². The molecule has 0 bridgehead atoms. The van der Waals surface area contributed by atoms with Crippen molar-refractivity contribution in [1.82, 2.24) is 0 Å². The molecule has 0 saturated carbocycles. The second-order valence-electron chi connectivity index (χ2n) is 5.79. The van der Waals surface area contributed by atoms with Crippen LogP contribution in [0.15, 0.2) is 91.5 Å². The molecule has 3 aromatic carbocycles. The average molecular weight is 346 g/mol. The fourth-order valence-electron chi connectivity index (χ4n) is 2.43. The maximum absolute atomic E-state index is 5.92. The zero-order valence-corrected chi connectivity index (χ0v) is 14.6. The van der Waals surface area contributed by atoms with Crippen LogP contribution in [0.1, 0.15) is 11.1 Å². The van der Waals surface area contributed by atoms with Crippen molar-refractivity contribution in [3.63, 3.8) is 0 Å². The molecule has 0 spiro atoms. The first-order valence-corrected chi connectivity index (χ1v) is 8.56. The molecule has 3 aromatic rings. The summed E-state index contributed by atoms with van der Waals surface area (Å²) in [5, 5.41) is 0. The minimum atomic E-state index is 0.431. The largest absolute Gasteiger partial charge is 0.489 e. The number of rotatable bonds is 9. The van der Waals surface area contributed by atoms with E-state index in [-0.39, 0.29) is 0 Å². The quantitative estimate of drug-likeness (QED) is 0.485. The van der Waals surface area contributed by atoms with Gasteiger partial charge in [-0.3, -0.25) is 0 Å². The molecule has 3 rings (SSSR count). The molecular formula is C23H22O3. The second-order valence-corrected chi connectivity index (χ2v) is 5.79. The zero-order chi connectivity index (χ0) is 18.0. The van der Waals surface area contributed by atoms with Crippen molar-refractivity contribution in [2.24, 2.45) is 0 Å². The van der Waals surface area contributed by atoms with Crippen LogP contribution >= 0.6 is 0 Å². The van der Waals surface area contributed by atoms with Gasteiger partial charge in [0.25, 0.3) is 0 Å². The molecule has 0 saturated heterocycles. The Morgan fingerprint density at radius 2 is 1.04 bits per heavy atom. The summed E-state index contributed by atoms with van der Waals surface area (Å²) in [6.45, 7) is 5.10. The lowest BCUT2D eigenvalue weighted by Gasteiger charge is -2.13. The van der Waals surface area contributed by atoms with Crippen LogP contribution in [0.3, 0.4) is 0 Å². The molecule has 0 unspecified atom stereocenters. The third-order valence-corrected chi connectivity index (χ3v) is 3.72. The molecule has 0 radical (unpaired) electrons. The van der Waals surface area contributed by atoms with E-state index in [1.54, 1.807) is 6.08 Å². The van der Waals surface area contributed by atoms with Gasteiger partial charge >= 0.3 is 0 Å². The Hall–Kier alpha value is -3.20. The first kappa shape index (κ1) is 17.6. The maximum Gasteiger partial charge on any atom is 0.127 e. The highest BCUT2D eigenvalue weighted by molar-refractivity contribution is 5.42. The summed E-state index contributed by atoms with van der Waals surface area (Å²) in [4.78, 5) is 0. The molecule has 26 heavy (non-hydrogen) atoms. The molecule has 0 aliphatic heterocycles. The van der Waals surface area contributed by atoms with Gasteiger partial charge in [-0.1, -0.05) is 73.3 Å². The van der Waals surface area contributed by atoms with Gasteiger partial charge in [-0.25, -0.2) is 0 Å². The van der Waals surface area contributed by atoms with E-state index in [9.17, 15) is 0 Å². The van der Waals surface area contributed by atoms with Gasteiger partial charge in [0, 0.05) is 18.2 Å². The van der Waals surface area contributed by atoms with Crippen molar-refractivity contribution < 1.29 is 14.2 Å². The molecule has 0 aliphatic carbocycles. The van der Waals surface area contributed by atoms with E-state index < -0.39 is 0 Å². The molecule has 0 aliphatic rings. The minimum Gasteiger partial charge on any atom is -0.489 e. The molecule has 0 N–H and O–H groups in total. The Morgan fingerprint density at radius 3 is 1.46 bits per heavy atom. The van der Waals surface area contributed by atoms with Gasteiger partial charge in [-0.2, -0.15) is 0 Å². The highest BCUT2D eigenvalue weighted by atomic mass is 16.5. The summed E-state index contributed by atoms with van der Waals surface area (Å²) < 4.78 is 17.5. The van der Waals surface area contributed by atoms with Crippen LogP contribution in [0.4, 0.5) is 0 Å². The Kier molecular flexibility index (Phi) is 6.32. The van der Waals surface area contributed by atoms with Gasteiger partial charge in [0.05, 0.1) is 0 Å². The van der Waals surface area contributed by atoms with Gasteiger partial charge in [0.2, 0.25) is 0 Å². The molecule has 0 amide bonds. The lowest BCUT2D eigenvalue weighted by atomic mass is 10.2. The smallest absolute Gasteiger partial charge is 0.127 e. The van der Waals surface area contributed by atoms with Crippen LogP contribution in [0, 0.1) is 0 Å². The first-order valence-electron chi connectivity index (χ1n) is 8.56. The fraction of sp³-hybridized carbons (Fsp3) is 0.130. The molecule has 3 heteroatoms. The molecule has 0 fully saturated rings. The van der Waals surface area contributed by atoms with E-state index >= 15 is 0 Å². The van der Waals surface area contributed by atoms with Gasteiger partial charge in [0.1, 0.15) is 37.1 Å². The fourth-order valence-corrected chi connectivity index (χ4v) is 2.43. The van der Waals surface area contributed by atoms with E-state index in [2.05, 4.69) is 6.58 Å². The molecule has 0 atom stereocenters. The van der Waals surface area contributed by atoms with Gasteiger partial charge in [-0.15, -0.1) is 0 Å². The van der Waals surface area contributed by atoms with Gasteiger partial charge < -0.3 is 14.2 Å². The molecule has 3 nitrogen and oxygen atoms in total. The van der Waals surface area contributed by atoms with E-state index in [1.165, 1.54) is 0 Å². The Labute approximate surface area is 154 Å². The van der Waals surface area contributed by atoms with Gasteiger partial charge in [-0.05, 0) is 11.1 Å². The number of hydrogen-bond acceptors (Lipinski definition) is 3. The van der Waals surface area contributed by atoms with Crippen LogP contribution in [0.5, 0.6) is 17.2 Å². The summed E-state index contributed by atoms with van der Waals surface area (Å²) in [5.74, 6) is 2.11. The van der Waals surface area contributed by atoms with E-state index in [0.29, 0.717) is 37.1 Å². The van der Waals surface area contributed by atoms with E-state index in [0.717, 1.165) is 11.1 Å². The van der Waals surface area contributed by atoms with Crippen molar-refractivity contribution in [3.8, 4) is 17.2 Å². The second kappa shape index (κ2) is 9.33. The Bertz CT molecular complexity index is 752. The summed E-state index contributed by atoms with van der Waals surface area (Å²) in [6, 6.07) is 25.7. The van der Waals surface area contributed by atoms with Crippen molar-refractivity contribution in [2.45, 2.75) is 13.2 Å². The highest BCUT2D eigenvalue weighted by Crippen LogP contribution is 2.29. The lowest BCUT2D eigenvalue weighted by molar-refractivity contribution is 0.283. The number of benzene rings is 3. The highest BCUT2D eigenvalue weighted by Gasteiger charge is 2.05. The van der Waals surface area contributed by atoms with Crippen LogP contribution in [-0.4, -0.2) is 6.61 Å². The maximum atomic E-state index is 5.92. The number of ether oxygens (including phenoxy) is 3. The van der Waals surface area contributed by atoms with E-state index in [4.69, 9.17) is 14.2 Å². The zero-order valence-electron chi connectivity index (χ0n) is 14.6. The molecule has 0 aromatic heterocycles. The topological polar surface area (TPSA) is 27.7 Å². The summed E-state index contributed by atoms with van der Waals surface area (Å²) in [5.41, 5.74) is 2.22. The predicted octanol–water partition coefficient (Wildman–Crippen LogP) is 5.41. The third-order valence-electron chi connectivity index (χ3n) is 3.72. The monoisotopic (exact) mass is 346 g/mol. The minimum absolute atomic E-state index is 0.431. The van der Waals surface area contributed by atoms with Crippen molar-refractivity contribution in [1.29, 1.82) is 0 Å². The van der Waals surface area contributed by atoms with Crippen LogP contribution in [0.25, 0.3) is 0 Å². The summed E-state index contributed by atoms with van der Waals surface area (Å²) in [7, 11) is 0. The first-order chi connectivity index (χ1) is 12.8. The standard InChI is InChI=1S/C23H22O3/c1-2-13-24-21-14-22(25-17-19-9-5-3-6-10-19)16-23(15-21)26-18-20-11-7-4-8-12-20/h2-12,14-16H,1,13,17-18H2.